The molecule has 6 heteroatoms. The molecular formula is C13H17N3O2S. The van der Waals surface area contributed by atoms with Gasteiger partial charge in [-0.15, -0.1) is 0 Å². The molecule has 0 bridgehead atoms. The third kappa shape index (κ3) is 4.31. The highest BCUT2D eigenvalue weighted by Gasteiger charge is 2.29. The summed E-state index contributed by atoms with van der Waals surface area (Å²) in [6.07, 6.45) is 6.39. The van der Waals surface area contributed by atoms with Gasteiger partial charge in [-0.25, -0.2) is 9.97 Å². The van der Waals surface area contributed by atoms with Gasteiger partial charge in [0.1, 0.15) is 6.33 Å². The van der Waals surface area contributed by atoms with E-state index in [1.54, 1.807) is 19.3 Å². The fourth-order valence-corrected chi connectivity index (χ4v) is 2.83. The second-order valence-corrected chi connectivity index (χ2v) is 5.91. The van der Waals surface area contributed by atoms with Crippen molar-refractivity contribution in [1.29, 1.82) is 0 Å². The van der Waals surface area contributed by atoms with Crippen LogP contribution >= 0.6 is 11.8 Å². The number of amides is 1. The quantitative estimate of drug-likeness (QED) is 0.809. The van der Waals surface area contributed by atoms with Crippen LogP contribution in [-0.4, -0.2) is 44.7 Å². The topological polar surface area (TPSA) is 63.2 Å². The lowest BCUT2D eigenvalue weighted by Gasteiger charge is -2.16. The van der Waals surface area contributed by atoms with Crippen LogP contribution in [0.5, 0.6) is 0 Å². The number of thioether (sulfide) groups is 1. The van der Waals surface area contributed by atoms with Gasteiger partial charge in [0, 0.05) is 44.6 Å². The number of hydrogen-bond donors (Lipinski definition) is 0. The second-order valence-electron chi connectivity index (χ2n) is 4.71. The second kappa shape index (κ2) is 6.65. The Balaban J connectivity index is 1.78. The van der Waals surface area contributed by atoms with Crippen molar-refractivity contribution < 1.29 is 9.59 Å². The molecule has 19 heavy (non-hydrogen) atoms. The van der Waals surface area contributed by atoms with Crippen LogP contribution in [0, 0.1) is 5.92 Å². The Bertz CT molecular complexity index is 452. The van der Waals surface area contributed by atoms with E-state index in [1.807, 2.05) is 4.90 Å². The van der Waals surface area contributed by atoms with E-state index in [-0.39, 0.29) is 11.0 Å². The number of hydrogen-bond acceptors (Lipinski definition) is 5. The van der Waals surface area contributed by atoms with E-state index in [1.165, 1.54) is 18.1 Å². The van der Waals surface area contributed by atoms with E-state index < -0.39 is 0 Å². The molecule has 1 saturated heterocycles. The lowest BCUT2D eigenvalue weighted by Crippen LogP contribution is -2.27. The summed E-state index contributed by atoms with van der Waals surface area (Å²) in [5.41, 5.74) is 1.04. The minimum Gasteiger partial charge on any atom is -0.342 e. The summed E-state index contributed by atoms with van der Waals surface area (Å²) in [6, 6.07) is 0. The maximum Gasteiger partial charge on any atom is 0.222 e. The summed E-state index contributed by atoms with van der Waals surface area (Å²) in [6.45, 7) is 3.02. The van der Waals surface area contributed by atoms with Crippen LogP contribution in [0.1, 0.15) is 18.9 Å². The highest BCUT2D eigenvalue weighted by Crippen LogP contribution is 2.22. The summed E-state index contributed by atoms with van der Waals surface area (Å²) >= 11 is 1.31. The molecule has 0 aromatic carbocycles. The van der Waals surface area contributed by atoms with Crippen molar-refractivity contribution in [2.45, 2.75) is 19.8 Å². The molecule has 0 aliphatic carbocycles. The number of rotatable bonds is 5. The average molecular weight is 279 g/mol. The van der Waals surface area contributed by atoms with E-state index in [4.69, 9.17) is 0 Å². The van der Waals surface area contributed by atoms with Crippen LogP contribution in [0.3, 0.4) is 0 Å². The monoisotopic (exact) mass is 279 g/mol. The first-order valence-electron chi connectivity index (χ1n) is 6.30. The van der Waals surface area contributed by atoms with Crippen molar-refractivity contribution in [3.05, 3.63) is 24.3 Å². The Labute approximate surface area is 116 Å². The van der Waals surface area contributed by atoms with E-state index >= 15 is 0 Å². The molecular weight excluding hydrogens is 262 g/mol. The van der Waals surface area contributed by atoms with Gasteiger partial charge in [0.25, 0.3) is 0 Å². The van der Waals surface area contributed by atoms with Gasteiger partial charge < -0.3 is 4.90 Å². The SMILES string of the molecule is CC(=O)SCC1CC(=O)N(CCc2cncnc2)C1. The molecule has 5 nitrogen and oxygen atoms in total. The van der Waals surface area contributed by atoms with Gasteiger partial charge in [-0.1, -0.05) is 11.8 Å². The molecule has 1 aliphatic rings. The first kappa shape index (κ1) is 14.0. The molecule has 0 saturated carbocycles. The first-order chi connectivity index (χ1) is 9.15. The maximum atomic E-state index is 11.9. The van der Waals surface area contributed by atoms with Gasteiger partial charge >= 0.3 is 0 Å². The number of carbonyl (C=O) groups is 2. The van der Waals surface area contributed by atoms with Crippen molar-refractivity contribution >= 4 is 22.8 Å². The molecule has 0 spiro atoms. The number of carbonyl (C=O) groups excluding carboxylic acids is 2. The molecule has 1 aliphatic heterocycles. The number of likely N-dealkylation sites (tertiary alicyclic amines) is 1. The van der Waals surface area contributed by atoms with E-state index in [2.05, 4.69) is 9.97 Å². The number of aromatic nitrogens is 2. The Morgan fingerprint density at radius 1 is 1.47 bits per heavy atom. The predicted octanol–water partition coefficient (Wildman–Crippen LogP) is 1.15. The molecule has 0 N–H and O–H groups in total. The maximum absolute atomic E-state index is 11.9. The van der Waals surface area contributed by atoms with E-state index in [0.717, 1.165) is 24.3 Å². The van der Waals surface area contributed by atoms with E-state index in [9.17, 15) is 9.59 Å². The van der Waals surface area contributed by atoms with Gasteiger partial charge in [-0.05, 0) is 17.9 Å². The Hall–Kier alpha value is -1.43. The highest BCUT2D eigenvalue weighted by atomic mass is 32.2. The van der Waals surface area contributed by atoms with Gasteiger partial charge in [-0.3, -0.25) is 9.59 Å². The lowest BCUT2D eigenvalue weighted by molar-refractivity contribution is -0.127. The standard InChI is InChI=1S/C13H17N3O2S/c1-10(17)19-8-12-4-13(18)16(7-12)3-2-11-5-14-9-15-6-11/h5-6,9,12H,2-4,7-8H2,1H3. The van der Waals surface area contributed by atoms with Crippen LogP contribution in [0.25, 0.3) is 0 Å². The lowest BCUT2D eigenvalue weighted by atomic mass is 10.1. The third-order valence-electron chi connectivity index (χ3n) is 3.10. The summed E-state index contributed by atoms with van der Waals surface area (Å²) in [5.74, 6) is 1.23. The Kier molecular flexibility index (Phi) is 4.90. The zero-order valence-electron chi connectivity index (χ0n) is 10.9. The molecule has 102 valence electrons. The third-order valence-corrected chi connectivity index (χ3v) is 4.15. The zero-order valence-corrected chi connectivity index (χ0v) is 11.7. The highest BCUT2D eigenvalue weighted by molar-refractivity contribution is 8.13. The summed E-state index contributed by atoms with van der Waals surface area (Å²) in [7, 11) is 0. The van der Waals surface area contributed by atoms with Crippen LogP contribution < -0.4 is 0 Å². The molecule has 2 rings (SSSR count). The van der Waals surface area contributed by atoms with Gasteiger partial charge in [0.05, 0.1) is 0 Å². The summed E-state index contributed by atoms with van der Waals surface area (Å²) in [4.78, 5) is 32.6. The minimum atomic E-state index is 0.118. The average Bonchev–Trinajstić information content (AvgIpc) is 2.76. The Morgan fingerprint density at radius 3 is 2.89 bits per heavy atom. The first-order valence-corrected chi connectivity index (χ1v) is 7.28. The molecule has 1 unspecified atom stereocenters. The molecule has 0 radical (unpaired) electrons. The van der Waals surface area contributed by atoms with Crippen LogP contribution in [-0.2, 0) is 16.0 Å². The summed E-state index contributed by atoms with van der Waals surface area (Å²) < 4.78 is 0. The largest absolute Gasteiger partial charge is 0.342 e. The van der Waals surface area contributed by atoms with Crippen LogP contribution in [0.2, 0.25) is 0 Å². The van der Waals surface area contributed by atoms with Crippen LogP contribution in [0.15, 0.2) is 18.7 Å². The van der Waals surface area contributed by atoms with Crippen molar-refractivity contribution in [3.63, 3.8) is 0 Å². The van der Waals surface area contributed by atoms with Gasteiger partial charge in [0.15, 0.2) is 5.12 Å². The molecule has 1 amide bonds. The van der Waals surface area contributed by atoms with E-state index in [0.29, 0.717) is 18.9 Å². The smallest absolute Gasteiger partial charge is 0.222 e. The number of nitrogens with zero attached hydrogens (tertiary/aromatic N) is 3. The van der Waals surface area contributed by atoms with Crippen molar-refractivity contribution in [2.75, 3.05) is 18.8 Å². The summed E-state index contributed by atoms with van der Waals surface area (Å²) in [5, 5.41) is 0.118. The molecule has 1 fully saturated rings. The van der Waals surface area contributed by atoms with Gasteiger partial charge in [-0.2, -0.15) is 0 Å². The van der Waals surface area contributed by atoms with Gasteiger partial charge in [0.2, 0.25) is 5.91 Å². The van der Waals surface area contributed by atoms with Crippen molar-refractivity contribution in [1.82, 2.24) is 14.9 Å². The van der Waals surface area contributed by atoms with Crippen molar-refractivity contribution in [2.24, 2.45) is 5.92 Å². The molecule has 1 atom stereocenters. The van der Waals surface area contributed by atoms with Crippen molar-refractivity contribution in [3.8, 4) is 0 Å². The predicted molar refractivity (Wildman–Crippen MR) is 73.6 cm³/mol. The normalized spacial score (nSPS) is 18.9. The molecule has 2 heterocycles. The zero-order chi connectivity index (χ0) is 13.7. The minimum absolute atomic E-state index is 0.118. The fourth-order valence-electron chi connectivity index (χ4n) is 2.14. The fraction of sp³-hybridized carbons (Fsp3) is 0.538. The Morgan fingerprint density at radius 2 is 2.21 bits per heavy atom. The molecule has 1 aromatic rings. The van der Waals surface area contributed by atoms with Crippen LogP contribution in [0.4, 0.5) is 0 Å². The molecule has 1 aromatic heterocycles.